The number of rotatable bonds is 1. The molecule has 4 nitrogen and oxygen atoms in total. The molecule has 2 aromatic rings. The maximum atomic E-state index is 5.99. The van der Waals surface area contributed by atoms with Gasteiger partial charge in [0.05, 0.1) is 17.6 Å². The molecule has 0 radical (unpaired) electrons. The summed E-state index contributed by atoms with van der Waals surface area (Å²) in [4.78, 5) is 4.29. The highest BCUT2D eigenvalue weighted by Crippen LogP contribution is 2.26. The van der Waals surface area contributed by atoms with Gasteiger partial charge in [0.1, 0.15) is 0 Å². The lowest BCUT2D eigenvalue weighted by molar-refractivity contribution is 0.561. The predicted molar refractivity (Wildman–Crippen MR) is 69.2 cm³/mol. The number of nitrogens with two attached hydrogens (primary N) is 1. The van der Waals surface area contributed by atoms with Crippen molar-refractivity contribution in [1.29, 1.82) is 0 Å². The van der Waals surface area contributed by atoms with E-state index in [0.717, 1.165) is 17.1 Å². The second-order valence-corrected chi connectivity index (χ2v) is 5.32. The Morgan fingerprint density at radius 2 is 2.00 bits per heavy atom. The molecule has 0 unspecified atom stereocenters. The summed E-state index contributed by atoms with van der Waals surface area (Å²) < 4.78 is 1.74. The maximum Gasteiger partial charge on any atom is 0.153 e. The van der Waals surface area contributed by atoms with Crippen molar-refractivity contribution in [3.05, 3.63) is 35.8 Å². The lowest BCUT2D eigenvalue weighted by atomic mass is 9.92. The summed E-state index contributed by atoms with van der Waals surface area (Å²) in [7, 11) is 0. The average Bonchev–Trinajstić information content (AvgIpc) is 2.60. The van der Waals surface area contributed by atoms with Crippen LogP contribution in [0.3, 0.4) is 0 Å². The second-order valence-electron chi connectivity index (χ2n) is 5.32. The monoisotopic (exact) mass is 230 g/mol. The van der Waals surface area contributed by atoms with E-state index < -0.39 is 0 Å². The number of nitrogen functional groups attached to an aromatic ring is 1. The van der Waals surface area contributed by atoms with E-state index >= 15 is 0 Å². The molecule has 0 aromatic carbocycles. The van der Waals surface area contributed by atoms with E-state index in [1.54, 1.807) is 10.9 Å². The van der Waals surface area contributed by atoms with Crippen LogP contribution in [0, 0.1) is 6.92 Å². The van der Waals surface area contributed by atoms with Gasteiger partial charge in [0.25, 0.3) is 0 Å². The molecule has 90 valence electrons. The van der Waals surface area contributed by atoms with Crippen LogP contribution >= 0.6 is 0 Å². The second kappa shape index (κ2) is 3.87. The van der Waals surface area contributed by atoms with Crippen molar-refractivity contribution >= 4 is 5.69 Å². The van der Waals surface area contributed by atoms with E-state index in [1.165, 1.54) is 0 Å². The third-order valence-corrected chi connectivity index (χ3v) is 2.59. The van der Waals surface area contributed by atoms with Crippen molar-refractivity contribution in [1.82, 2.24) is 14.8 Å². The minimum absolute atomic E-state index is 0.0564. The van der Waals surface area contributed by atoms with Crippen molar-refractivity contribution in [2.45, 2.75) is 33.1 Å². The van der Waals surface area contributed by atoms with Crippen molar-refractivity contribution in [2.75, 3.05) is 5.73 Å². The number of aromatic nitrogens is 3. The van der Waals surface area contributed by atoms with Crippen LogP contribution in [0.4, 0.5) is 5.69 Å². The summed E-state index contributed by atoms with van der Waals surface area (Å²) in [6.45, 7) is 8.32. The Morgan fingerprint density at radius 3 is 2.53 bits per heavy atom. The largest absolute Gasteiger partial charge is 0.396 e. The van der Waals surface area contributed by atoms with Gasteiger partial charge in [0, 0.05) is 11.6 Å². The summed E-state index contributed by atoms with van der Waals surface area (Å²) in [6.07, 6.45) is 3.60. The van der Waals surface area contributed by atoms with Gasteiger partial charge in [-0.1, -0.05) is 20.8 Å². The molecule has 0 aliphatic heterocycles. The smallest absolute Gasteiger partial charge is 0.153 e. The van der Waals surface area contributed by atoms with Gasteiger partial charge >= 0.3 is 0 Å². The quantitative estimate of drug-likeness (QED) is 0.818. The Balaban J connectivity index is 2.49. The lowest BCUT2D eigenvalue weighted by Gasteiger charge is -2.15. The Bertz CT molecular complexity index is 535. The third kappa shape index (κ3) is 2.30. The van der Waals surface area contributed by atoms with E-state index in [1.807, 2.05) is 25.3 Å². The maximum absolute atomic E-state index is 5.99. The number of aryl methyl sites for hydroxylation is 1. The first-order valence-corrected chi connectivity index (χ1v) is 5.66. The molecule has 0 saturated heterocycles. The van der Waals surface area contributed by atoms with Gasteiger partial charge in [-0.25, -0.2) is 9.67 Å². The zero-order chi connectivity index (χ0) is 12.6. The van der Waals surface area contributed by atoms with Gasteiger partial charge in [-0.15, -0.1) is 0 Å². The van der Waals surface area contributed by atoms with Crippen LogP contribution in [-0.2, 0) is 5.41 Å². The fourth-order valence-electron chi connectivity index (χ4n) is 1.73. The number of hydrogen-bond acceptors (Lipinski definition) is 3. The van der Waals surface area contributed by atoms with Gasteiger partial charge in [0.2, 0.25) is 0 Å². The van der Waals surface area contributed by atoms with Crippen LogP contribution in [0.5, 0.6) is 0 Å². The van der Waals surface area contributed by atoms with E-state index in [2.05, 4.69) is 30.9 Å². The summed E-state index contributed by atoms with van der Waals surface area (Å²) in [5.41, 5.74) is 8.70. The molecule has 0 atom stereocenters. The first-order chi connectivity index (χ1) is 7.88. The molecule has 4 heteroatoms. The Labute approximate surface area is 101 Å². The topological polar surface area (TPSA) is 56.7 Å². The average molecular weight is 230 g/mol. The van der Waals surface area contributed by atoms with Gasteiger partial charge < -0.3 is 5.73 Å². The zero-order valence-electron chi connectivity index (χ0n) is 10.7. The normalized spacial score (nSPS) is 11.8. The van der Waals surface area contributed by atoms with E-state index in [4.69, 9.17) is 5.73 Å². The van der Waals surface area contributed by atoms with Crippen molar-refractivity contribution < 1.29 is 0 Å². The highest BCUT2D eigenvalue weighted by molar-refractivity contribution is 5.46. The highest BCUT2D eigenvalue weighted by atomic mass is 15.3. The summed E-state index contributed by atoms with van der Waals surface area (Å²) in [5.74, 6) is 0.798. The molecule has 0 aliphatic rings. The van der Waals surface area contributed by atoms with E-state index in [-0.39, 0.29) is 5.41 Å². The molecule has 0 spiro atoms. The predicted octanol–water partition coefficient (Wildman–Crippen LogP) is 2.46. The van der Waals surface area contributed by atoms with Crippen LogP contribution < -0.4 is 5.73 Å². The molecule has 0 saturated carbocycles. The Kier molecular flexibility index (Phi) is 2.65. The number of hydrogen-bond donors (Lipinski definition) is 1. The van der Waals surface area contributed by atoms with Crippen molar-refractivity contribution in [3.63, 3.8) is 0 Å². The fourth-order valence-corrected chi connectivity index (χ4v) is 1.73. The molecule has 0 fully saturated rings. The molecule has 2 N–H and O–H groups in total. The molecule has 2 rings (SSSR count). The van der Waals surface area contributed by atoms with Crippen LogP contribution in [0.15, 0.2) is 24.5 Å². The minimum Gasteiger partial charge on any atom is -0.396 e. The van der Waals surface area contributed by atoms with Crippen LogP contribution in [0.2, 0.25) is 0 Å². The summed E-state index contributed by atoms with van der Waals surface area (Å²) in [6, 6.07) is 3.94. The minimum atomic E-state index is -0.0564. The van der Waals surface area contributed by atoms with Gasteiger partial charge in [-0.2, -0.15) is 5.10 Å². The van der Waals surface area contributed by atoms with Crippen molar-refractivity contribution in [3.8, 4) is 5.82 Å². The number of pyridine rings is 1. The molecular weight excluding hydrogens is 212 g/mol. The standard InChI is InChI=1S/C13H18N4/c1-9-5-6-15-11(7-9)17-8-10(14)12(16-17)13(2,3)4/h5-8H,14H2,1-4H3. The number of anilines is 1. The van der Waals surface area contributed by atoms with Crippen molar-refractivity contribution in [2.24, 2.45) is 0 Å². The lowest BCUT2D eigenvalue weighted by Crippen LogP contribution is -2.14. The zero-order valence-corrected chi connectivity index (χ0v) is 10.7. The first kappa shape index (κ1) is 11.6. The summed E-state index contributed by atoms with van der Waals surface area (Å²) in [5, 5.41) is 4.52. The van der Waals surface area contributed by atoms with Crippen LogP contribution in [0.25, 0.3) is 5.82 Å². The SMILES string of the molecule is Cc1ccnc(-n2cc(N)c(C(C)(C)C)n2)c1. The Hall–Kier alpha value is -1.84. The van der Waals surface area contributed by atoms with Gasteiger partial charge in [0.15, 0.2) is 5.82 Å². The van der Waals surface area contributed by atoms with Crippen LogP contribution in [0.1, 0.15) is 32.0 Å². The third-order valence-electron chi connectivity index (χ3n) is 2.59. The van der Waals surface area contributed by atoms with Gasteiger partial charge in [-0.3, -0.25) is 0 Å². The van der Waals surface area contributed by atoms with Gasteiger partial charge in [-0.05, 0) is 24.6 Å². The van der Waals surface area contributed by atoms with E-state index in [9.17, 15) is 0 Å². The Morgan fingerprint density at radius 1 is 1.29 bits per heavy atom. The fraction of sp³-hybridized carbons (Fsp3) is 0.385. The molecular formula is C13H18N4. The summed E-state index contributed by atoms with van der Waals surface area (Å²) >= 11 is 0. The molecule has 0 amide bonds. The molecule has 17 heavy (non-hydrogen) atoms. The first-order valence-electron chi connectivity index (χ1n) is 5.66. The molecule has 0 bridgehead atoms. The van der Waals surface area contributed by atoms with E-state index in [0.29, 0.717) is 5.69 Å². The molecule has 2 heterocycles. The molecule has 0 aliphatic carbocycles. The molecule has 2 aromatic heterocycles. The highest BCUT2D eigenvalue weighted by Gasteiger charge is 2.21. The van der Waals surface area contributed by atoms with Crippen LogP contribution in [-0.4, -0.2) is 14.8 Å². The number of nitrogens with zero attached hydrogens (tertiary/aromatic N) is 3.